The fourth-order valence-corrected chi connectivity index (χ4v) is 2.71. The number of esters is 2. The molecule has 0 N–H and O–H groups in total. The van der Waals surface area contributed by atoms with E-state index in [0.29, 0.717) is 22.0 Å². The average Bonchev–Trinajstić information content (AvgIpc) is 3.08. The zero-order chi connectivity index (χ0) is 18.7. The van der Waals surface area contributed by atoms with Crippen molar-refractivity contribution in [1.82, 2.24) is 9.78 Å². The third kappa shape index (κ3) is 3.19. The highest BCUT2D eigenvalue weighted by molar-refractivity contribution is 6.30. The molecule has 3 aromatic rings. The van der Waals surface area contributed by atoms with Crippen LogP contribution >= 0.6 is 11.6 Å². The number of benzene rings is 2. The smallest absolute Gasteiger partial charge is 0.359 e. The molecule has 0 aliphatic rings. The van der Waals surface area contributed by atoms with Gasteiger partial charge in [0.15, 0.2) is 5.69 Å². The summed E-state index contributed by atoms with van der Waals surface area (Å²) in [6.07, 6.45) is 0. The van der Waals surface area contributed by atoms with Gasteiger partial charge in [-0.25, -0.2) is 14.3 Å². The molecule has 1 heterocycles. The summed E-state index contributed by atoms with van der Waals surface area (Å²) in [4.78, 5) is 24.7. The number of aromatic nitrogens is 2. The van der Waals surface area contributed by atoms with Crippen molar-refractivity contribution in [2.45, 2.75) is 0 Å². The molecule has 132 valence electrons. The summed E-state index contributed by atoms with van der Waals surface area (Å²) in [7, 11) is 2.47. The second-order valence-electron chi connectivity index (χ2n) is 5.31. The van der Waals surface area contributed by atoms with E-state index in [1.165, 1.54) is 18.9 Å². The van der Waals surface area contributed by atoms with Gasteiger partial charge in [-0.3, -0.25) is 0 Å². The zero-order valence-electron chi connectivity index (χ0n) is 14.1. The van der Waals surface area contributed by atoms with Gasteiger partial charge in [0.1, 0.15) is 5.56 Å². The molecule has 0 fully saturated rings. The van der Waals surface area contributed by atoms with Gasteiger partial charge in [-0.15, -0.1) is 0 Å². The second kappa shape index (κ2) is 7.41. The van der Waals surface area contributed by atoms with Gasteiger partial charge < -0.3 is 9.47 Å². The molecule has 0 saturated carbocycles. The molecule has 0 radical (unpaired) electrons. The number of carbonyl (C=O) groups excluding carboxylic acids is 2. The van der Waals surface area contributed by atoms with Gasteiger partial charge in [0.05, 0.1) is 25.6 Å². The first-order chi connectivity index (χ1) is 12.6. The van der Waals surface area contributed by atoms with Gasteiger partial charge >= 0.3 is 11.9 Å². The van der Waals surface area contributed by atoms with E-state index in [-0.39, 0.29) is 11.3 Å². The number of halogens is 1. The first kappa shape index (κ1) is 17.7. The molecule has 3 rings (SSSR count). The Labute approximate surface area is 154 Å². The number of carbonyl (C=O) groups is 2. The number of hydrogen-bond acceptors (Lipinski definition) is 5. The van der Waals surface area contributed by atoms with Crippen LogP contribution in [0.3, 0.4) is 0 Å². The minimum Gasteiger partial charge on any atom is -0.465 e. The maximum atomic E-state index is 12.5. The standard InChI is InChI=1S/C19H15ClN2O4/c1-25-18(23)15-16(19(24)26-2)21-22(14-6-4-3-5-7-14)17(15)12-8-10-13(20)11-9-12/h3-11H,1-2H3. The van der Waals surface area contributed by atoms with Crippen LogP contribution in [0.4, 0.5) is 0 Å². The molecule has 26 heavy (non-hydrogen) atoms. The largest absolute Gasteiger partial charge is 0.465 e. The quantitative estimate of drug-likeness (QED) is 0.654. The van der Waals surface area contributed by atoms with Crippen molar-refractivity contribution in [3.8, 4) is 16.9 Å². The third-order valence-corrected chi connectivity index (χ3v) is 4.02. The normalized spacial score (nSPS) is 10.4. The predicted molar refractivity (Wildman–Crippen MR) is 96.7 cm³/mol. The van der Waals surface area contributed by atoms with E-state index in [1.54, 1.807) is 24.3 Å². The van der Waals surface area contributed by atoms with Crippen molar-refractivity contribution < 1.29 is 19.1 Å². The van der Waals surface area contributed by atoms with Crippen LogP contribution < -0.4 is 0 Å². The third-order valence-electron chi connectivity index (χ3n) is 3.77. The van der Waals surface area contributed by atoms with E-state index in [4.69, 9.17) is 21.1 Å². The molecule has 7 heteroatoms. The lowest BCUT2D eigenvalue weighted by Gasteiger charge is -2.09. The number of hydrogen-bond donors (Lipinski definition) is 0. The lowest BCUT2D eigenvalue weighted by Crippen LogP contribution is -2.11. The van der Waals surface area contributed by atoms with Gasteiger partial charge in [-0.05, 0) is 24.3 Å². The molecule has 1 aromatic heterocycles. The molecular weight excluding hydrogens is 356 g/mol. The first-order valence-electron chi connectivity index (χ1n) is 7.67. The van der Waals surface area contributed by atoms with Crippen molar-refractivity contribution in [3.63, 3.8) is 0 Å². The topological polar surface area (TPSA) is 70.4 Å². The molecule has 0 spiro atoms. The summed E-state index contributed by atoms with van der Waals surface area (Å²) in [5.41, 5.74) is 1.66. The van der Waals surface area contributed by atoms with Crippen LogP contribution in [0.25, 0.3) is 16.9 Å². The van der Waals surface area contributed by atoms with Crippen molar-refractivity contribution in [2.75, 3.05) is 14.2 Å². The molecule has 2 aromatic carbocycles. The Morgan fingerprint density at radius 1 is 0.923 bits per heavy atom. The lowest BCUT2D eigenvalue weighted by atomic mass is 10.1. The van der Waals surface area contributed by atoms with Crippen LogP contribution in [-0.2, 0) is 9.47 Å². The van der Waals surface area contributed by atoms with E-state index in [0.717, 1.165) is 0 Å². The summed E-state index contributed by atoms with van der Waals surface area (Å²) in [5, 5.41) is 4.88. The Morgan fingerprint density at radius 2 is 1.54 bits per heavy atom. The van der Waals surface area contributed by atoms with Crippen molar-refractivity contribution in [2.24, 2.45) is 0 Å². The van der Waals surface area contributed by atoms with E-state index in [2.05, 4.69) is 5.10 Å². The van der Waals surface area contributed by atoms with Crippen LogP contribution in [0.15, 0.2) is 54.6 Å². The average molecular weight is 371 g/mol. The van der Waals surface area contributed by atoms with Gasteiger partial charge in [0.25, 0.3) is 0 Å². The summed E-state index contributed by atoms with van der Waals surface area (Å²) >= 11 is 5.98. The van der Waals surface area contributed by atoms with Crippen LogP contribution in [0.2, 0.25) is 5.02 Å². The second-order valence-corrected chi connectivity index (χ2v) is 5.75. The van der Waals surface area contributed by atoms with Crippen molar-refractivity contribution in [1.29, 1.82) is 0 Å². The molecule has 0 unspecified atom stereocenters. The zero-order valence-corrected chi connectivity index (χ0v) is 14.9. The summed E-state index contributed by atoms with van der Waals surface area (Å²) in [6, 6.07) is 16.0. The van der Waals surface area contributed by atoms with Crippen LogP contribution in [0, 0.1) is 0 Å². The fourth-order valence-electron chi connectivity index (χ4n) is 2.58. The van der Waals surface area contributed by atoms with Gasteiger partial charge in [0, 0.05) is 10.6 Å². The highest BCUT2D eigenvalue weighted by Crippen LogP contribution is 2.31. The maximum Gasteiger partial charge on any atom is 0.359 e. The first-order valence-corrected chi connectivity index (χ1v) is 8.05. The Morgan fingerprint density at radius 3 is 2.12 bits per heavy atom. The van der Waals surface area contributed by atoms with Crippen molar-refractivity contribution in [3.05, 3.63) is 70.9 Å². The summed E-state index contributed by atoms with van der Waals surface area (Å²) in [6.45, 7) is 0. The van der Waals surface area contributed by atoms with Gasteiger partial charge in [-0.2, -0.15) is 5.10 Å². The highest BCUT2D eigenvalue weighted by Gasteiger charge is 2.30. The monoisotopic (exact) mass is 370 g/mol. The molecule has 0 atom stereocenters. The maximum absolute atomic E-state index is 12.5. The van der Waals surface area contributed by atoms with Crippen LogP contribution in [-0.4, -0.2) is 35.9 Å². The highest BCUT2D eigenvalue weighted by atomic mass is 35.5. The Kier molecular flexibility index (Phi) is 5.04. The Bertz CT molecular complexity index is 950. The van der Waals surface area contributed by atoms with E-state index < -0.39 is 11.9 Å². The number of methoxy groups -OCH3 is 2. The number of ether oxygens (including phenoxy) is 2. The SMILES string of the molecule is COC(=O)c1nn(-c2ccccc2)c(-c2ccc(Cl)cc2)c1C(=O)OC. The minimum absolute atomic E-state index is 0.0329. The van der Waals surface area contributed by atoms with E-state index >= 15 is 0 Å². The fraction of sp³-hybridized carbons (Fsp3) is 0.105. The molecule has 0 amide bonds. The van der Waals surface area contributed by atoms with Gasteiger partial charge in [0.2, 0.25) is 0 Å². The van der Waals surface area contributed by atoms with Gasteiger partial charge in [-0.1, -0.05) is 41.9 Å². The Hall–Kier alpha value is -3.12. The van der Waals surface area contributed by atoms with Crippen LogP contribution in [0.5, 0.6) is 0 Å². The molecule has 6 nitrogen and oxygen atoms in total. The minimum atomic E-state index is -0.727. The summed E-state index contributed by atoms with van der Waals surface area (Å²) < 4.78 is 11.2. The molecule has 0 aliphatic carbocycles. The van der Waals surface area contributed by atoms with E-state index in [1.807, 2.05) is 30.3 Å². The number of para-hydroxylation sites is 1. The predicted octanol–water partition coefficient (Wildman–Crippen LogP) is 3.77. The van der Waals surface area contributed by atoms with E-state index in [9.17, 15) is 9.59 Å². The number of nitrogens with zero attached hydrogens (tertiary/aromatic N) is 2. The molecule has 0 aliphatic heterocycles. The molecular formula is C19H15ClN2O4. The van der Waals surface area contributed by atoms with Crippen molar-refractivity contribution >= 4 is 23.5 Å². The molecule has 0 bridgehead atoms. The molecule has 0 saturated heterocycles. The lowest BCUT2D eigenvalue weighted by molar-refractivity contribution is 0.0552. The summed E-state index contributed by atoms with van der Waals surface area (Å²) in [5.74, 6) is -1.41. The Balaban J connectivity index is 2.36. The van der Waals surface area contributed by atoms with Crippen LogP contribution in [0.1, 0.15) is 20.8 Å². The number of rotatable bonds is 4.